The first kappa shape index (κ1) is 16.5. The van der Waals surface area contributed by atoms with Gasteiger partial charge in [-0.15, -0.1) is 0 Å². The van der Waals surface area contributed by atoms with Crippen LogP contribution in [0.25, 0.3) is 0 Å². The van der Waals surface area contributed by atoms with Gasteiger partial charge in [-0.1, -0.05) is 13.8 Å². The van der Waals surface area contributed by atoms with Gasteiger partial charge in [0.1, 0.15) is 18.1 Å². The van der Waals surface area contributed by atoms with Crippen molar-refractivity contribution in [3.8, 4) is 0 Å². The first-order valence-corrected chi connectivity index (χ1v) is 8.16. The summed E-state index contributed by atoms with van der Waals surface area (Å²) < 4.78 is 11.5. The van der Waals surface area contributed by atoms with Crippen molar-refractivity contribution in [2.75, 3.05) is 20.2 Å². The molecule has 1 saturated heterocycles. The number of hydrogen-bond acceptors (Lipinski definition) is 4. The van der Waals surface area contributed by atoms with Crippen molar-refractivity contribution in [1.29, 1.82) is 0 Å². The van der Waals surface area contributed by atoms with Crippen LogP contribution >= 0.6 is 0 Å². The first-order valence-electron chi connectivity index (χ1n) is 8.16. The van der Waals surface area contributed by atoms with Crippen LogP contribution < -0.4 is 5.32 Å². The highest BCUT2D eigenvalue weighted by Gasteiger charge is 2.20. The Morgan fingerprint density at radius 1 is 1.48 bits per heavy atom. The number of nitrogens with zero attached hydrogens (tertiary/aromatic N) is 1. The van der Waals surface area contributed by atoms with Crippen LogP contribution in [0.4, 0.5) is 0 Å². The molecular formula is C17H30N2O2. The molecule has 0 radical (unpaired) electrons. The average Bonchev–Trinajstić information content (AvgIpc) is 2.99. The van der Waals surface area contributed by atoms with E-state index in [0.717, 1.165) is 31.1 Å². The fourth-order valence-corrected chi connectivity index (χ4v) is 2.88. The zero-order chi connectivity index (χ0) is 15.2. The molecule has 2 heterocycles. The molecule has 1 N–H and O–H groups in total. The molecule has 120 valence electrons. The molecule has 0 saturated carbocycles. The lowest BCUT2D eigenvalue weighted by Crippen LogP contribution is -2.26. The van der Waals surface area contributed by atoms with Crippen LogP contribution in [0.1, 0.15) is 50.2 Å². The summed E-state index contributed by atoms with van der Waals surface area (Å²) in [5, 5.41) is 3.42. The molecule has 1 aromatic rings. The van der Waals surface area contributed by atoms with Crippen LogP contribution in [-0.4, -0.2) is 37.2 Å². The first-order chi connectivity index (χ1) is 10.1. The minimum Gasteiger partial charge on any atom is -0.464 e. The average molecular weight is 294 g/mol. The molecule has 2 rings (SSSR count). The standard InChI is InChI=1S/C17H30N2O2/c1-13(2)18-11-15-10-17(21-14(15)3)12-20-9-7-16-6-5-8-19(16)4/h10,13,16,18H,5-9,11-12H2,1-4H3. The monoisotopic (exact) mass is 294 g/mol. The van der Waals surface area contributed by atoms with Gasteiger partial charge in [-0.3, -0.25) is 0 Å². The Morgan fingerprint density at radius 2 is 2.29 bits per heavy atom. The Labute approximate surface area is 128 Å². The number of ether oxygens (including phenoxy) is 1. The molecule has 1 aromatic heterocycles. The Bertz CT molecular complexity index is 428. The van der Waals surface area contributed by atoms with Crippen LogP contribution in [0.3, 0.4) is 0 Å². The minimum atomic E-state index is 0.488. The van der Waals surface area contributed by atoms with E-state index in [2.05, 4.69) is 37.2 Å². The van der Waals surface area contributed by atoms with Gasteiger partial charge in [0.2, 0.25) is 0 Å². The topological polar surface area (TPSA) is 37.6 Å². The van der Waals surface area contributed by atoms with E-state index < -0.39 is 0 Å². The Kier molecular flexibility index (Phi) is 6.27. The third-order valence-corrected chi connectivity index (χ3v) is 4.28. The zero-order valence-electron chi connectivity index (χ0n) is 13.9. The van der Waals surface area contributed by atoms with Crippen LogP contribution in [0.15, 0.2) is 10.5 Å². The molecule has 1 aliphatic rings. The molecule has 4 heteroatoms. The number of hydrogen-bond donors (Lipinski definition) is 1. The number of rotatable bonds is 8. The van der Waals surface area contributed by atoms with Crippen molar-refractivity contribution in [3.05, 3.63) is 23.2 Å². The summed E-state index contributed by atoms with van der Waals surface area (Å²) in [4.78, 5) is 2.44. The highest BCUT2D eigenvalue weighted by atomic mass is 16.5. The maximum absolute atomic E-state index is 5.78. The maximum atomic E-state index is 5.78. The third-order valence-electron chi connectivity index (χ3n) is 4.28. The summed E-state index contributed by atoms with van der Waals surface area (Å²) in [5.41, 5.74) is 1.23. The maximum Gasteiger partial charge on any atom is 0.130 e. The second-order valence-corrected chi connectivity index (χ2v) is 6.45. The van der Waals surface area contributed by atoms with Gasteiger partial charge in [-0.05, 0) is 45.8 Å². The molecule has 1 unspecified atom stereocenters. The van der Waals surface area contributed by atoms with Crippen LogP contribution in [0.5, 0.6) is 0 Å². The summed E-state index contributed by atoms with van der Waals surface area (Å²) in [6.07, 6.45) is 3.76. The lowest BCUT2D eigenvalue weighted by atomic mass is 10.1. The molecule has 1 fully saturated rings. The van der Waals surface area contributed by atoms with Gasteiger partial charge in [-0.25, -0.2) is 0 Å². The highest BCUT2D eigenvalue weighted by Crippen LogP contribution is 2.19. The van der Waals surface area contributed by atoms with Gasteiger partial charge in [-0.2, -0.15) is 0 Å². The molecule has 0 spiro atoms. The van der Waals surface area contributed by atoms with Gasteiger partial charge in [0, 0.05) is 30.8 Å². The van der Waals surface area contributed by atoms with Gasteiger partial charge in [0.15, 0.2) is 0 Å². The molecule has 1 atom stereocenters. The van der Waals surface area contributed by atoms with Gasteiger partial charge in [0.25, 0.3) is 0 Å². The normalized spacial score (nSPS) is 19.8. The van der Waals surface area contributed by atoms with E-state index in [1.807, 2.05) is 6.92 Å². The fourth-order valence-electron chi connectivity index (χ4n) is 2.88. The molecule has 4 nitrogen and oxygen atoms in total. The van der Waals surface area contributed by atoms with Crippen molar-refractivity contribution < 1.29 is 9.15 Å². The number of likely N-dealkylation sites (tertiary alicyclic amines) is 1. The van der Waals surface area contributed by atoms with E-state index in [-0.39, 0.29) is 0 Å². The van der Waals surface area contributed by atoms with Gasteiger partial charge in [0.05, 0.1) is 0 Å². The highest BCUT2D eigenvalue weighted by molar-refractivity contribution is 5.20. The SMILES string of the molecule is Cc1oc(COCCC2CCCN2C)cc1CNC(C)C. The number of furan rings is 1. The summed E-state index contributed by atoms with van der Waals surface area (Å²) in [6.45, 7) is 9.81. The Morgan fingerprint density at radius 3 is 2.95 bits per heavy atom. The van der Waals surface area contributed by atoms with E-state index in [1.165, 1.54) is 24.9 Å². The predicted octanol–water partition coefficient (Wildman–Crippen LogP) is 3.09. The molecule has 21 heavy (non-hydrogen) atoms. The van der Waals surface area contributed by atoms with E-state index >= 15 is 0 Å². The summed E-state index contributed by atoms with van der Waals surface area (Å²) in [5.74, 6) is 1.94. The molecule has 0 amide bonds. The van der Waals surface area contributed by atoms with Crippen molar-refractivity contribution in [2.45, 2.75) is 65.3 Å². The van der Waals surface area contributed by atoms with Crippen LogP contribution in [0, 0.1) is 6.92 Å². The second kappa shape index (κ2) is 7.97. The lowest BCUT2D eigenvalue weighted by molar-refractivity contribution is 0.0889. The molecule has 0 bridgehead atoms. The van der Waals surface area contributed by atoms with Crippen molar-refractivity contribution in [3.63, 3.8) is 0 Å². The second-order valence-electron chi connectivity index (χ2n) is 6.45. The molecule has 1 aliphatic heterocycles. The van der Waals surface area contributed by atoms with E-state index in [9.17, 15) is 0 Å². The number of aryl methyl sites for hydroxylation is 1. The molecule has 0 aliphatic carbocycles. The van der Waals surface area contributed by atoms with Gasteiger partial charge >= 0.3 is 0 Å². The minimum absolute atomic E-state index is 0.488. The van der Waals surface area contributed by atoms with Crippen LogP contribution in [0.2, 0.25) is 0 Å². The summed E-state index contributed by atoms with van der Waals surface area (Å²) in [6, 6.07) is 3.31. The van der Waals surface area contributed by atoms with Crippen molar-refractivity contribution in [2.24, 2.45) is 0 Å². The van der Waals surface area contributed by atoms with Crippen molar-refractivity contribution in [1.82, 2.24) is 10.2 Å². The molecular weight excluding hydrogens is 264 g/mol. The van der Waals surface area contributed by atoms with Crippen molar-refractivity contribution >= 4 is 0 Å². The van der Waals surface area contributed by atoms with Crippen LogP contribution in [-0.2, 0) is 17.9 Å². The Balaban J connectivity index is 1.69. The largest absolute Gasteiger partial charge is 0.464 e. The van der Waals surface area contributed by atoms with E-state index in [0.29, 0.717) is 18.7 Å². The quantitative estimate of drug-likeness (QED) is 0.748. The number of nitrogens with one attached hydrogen (secondary N) is 1. The van der Waals surface area contributed by atoms with E-state index in [1.54, 1.807) is 0 Å². The fraction of sp³-hybridized carbons (Fsp3) is 0.765. The smallest absolute Gasteiger partial charge is 0.130 e. The van der Waals surface area contributed by atoms with E-state index in [4.69, 9.17) is 9.15 Å². The summed E-state index contributed by atoms with van der Waals surface area (Å²) >= 11 is 0. The third kappa shape index (κ3) is 5.13. The lowest BCUT2D eigenvalue weighted by Gasteiger charge is -2.18. The zero-order valence-corrected chi connectivity index (χ0v) is 13.9. The summed E-state index contributed by atoms with van der Waals surface area (Å²) in [7, 11) is 2.21. The predicted molar refractivity (Wildman–Crippen MR) is 85.3 cm³/mol. The Hall–Kier alpha value is -0.840. The molecule has 0 aromatic carbocycles. The van der Waals surface area contributed by atoms with Gasteiger partial charge < -0.3 is 19.4 Å².